The first kappa shape index (κ1) is 16.2. The SMILES string of the molecule is C=C(c1ccccc1-c1ccccc1)c1ccccc1S(=O)(=O)O. The largest absolute Gasteiger partial charge is 0.295 e. The van der Waals surface area contributed by atoms with Gasteiger partial charge in [-0.1, -0.05) is 79.4 Å². The molecule has 0 aliphatic carbocycles. The predicted molar refractivity (Wildman–Crippen MR) is 96.3 cm³/mol. The molecule has 3 aromatic carbocycles. The molecule has 0 amide bonds. The van der Waals surface area contributed by atoms with E-state index in [0.29, 0.717) is 11.1 Å². The van der Waals surface area contributed by atoms with Crippen LogP contribution in [0.1, 0.15) is 11.1 Å². The average Bonchev–Trinajstić information content (AvgIpc) is 2.61. The van der Waals surface area contributed by atoms with Crippen molar-refractivity contribution in [1.82, 2.24) is 0 Å². The summed E-state index contributed by atoms with van der Waals surface area (Å²) in [5, 5.41) is 0. The molecule has 3 aromatic rings. The van der Waals surface area contributed by atoms with Crippen molar-refractivity contribution in [1.29, 1.82) is 0 Å². The molecule has 0 saturated heterocycles. The fourth-order valence-corrected chi connectivity index (χ4v) is 3.42. The van der Waals surface area contributed by atoms with Crippen LogP contribution in [0, 0.1) is 0 Å². The molecule has 0 radical (unpaired) electrons. The summed E-state index contributed by atoms with van der Waals surface area (Å²) in [6, 6.07) is 23.8. The first-order chi connectivity index (χ1) is 11.5. The Balaban J connectivity index is 2.18. The topological polar surface area (TPSA) is 54.4 Å². The molecule has 0 bridgehead atoms. The highest BCUT2D eigenvalue weighted by molar-refractivity contribution is 7.86. The molecular weight excluding hydrogens is 320 g/mol. The van der Waals surface area contributed by atoms with Crippen molar-refractivity contribution in [3.63, 3.8) is 0 Å². The van der Waals surface area contributed by atoms with Crippen LogP contribution in [0.3, 0.4) is 0 Å². The quantitative estimate of drug-likeness (QED) is 0.705. The molecule has 0 spiro atoms. The molecular formula is C20H16O3S. The molecule has 24 heavy (non-hydrogen) atoms. The summed E-state index contributed by atoms with van der Waals surface area (Å²) in [6.07, 6.45) is 0. The molecule has 0 heterocycles. The van der Waals surface area contributed by atoms with Gasteiger partial charge in [-0.15, -0.1) is 0 Å². The molecule has 0 aromatic heterocycles. The second kappa shape index (κ2) is 6.43. The monoisotopic (exact) mass is 336 g/mol. The zero-order valence-electron chi connectivity index (χ0n) is 12.9. The Morgan fingerprint density at radius 1 is 0.750 bits per heavy atom. The predicted octanol–water partition coefficient (Wildman–Crippen LogP) is 4.66. The van der Waals surface area contributed by atoms with Gasteiger partial charge in [-0.2, -0.15) is 8.42 Å². The lowest BCUT2D eigenvalue weighted by atomic mass is 9.91. The Hall–Kier alpha value is -2.69. The van der Waals surface area contributed by atoms with Crippen molar-refractivity contribution < 1.29 is 13.0 Å². The van der Waals surface area contributed by atoms with Crippen LogP contribution in [0.15, 0.2) is 90.3 Å². The first-order valence-corrected chi connectivity index (χ1v) is 8.83. The van der Waals surface area contributed by atoms with Crippen molar-refractivity contribution in [3.05, 3.63) is 96.6 Å². The Morgan fingerprint density at radius 3 is 1.96 bits per heavy atom. The van der Waals surface area contributed by atoms with E-state index >= 15 is 0 Å². The van der Waals surface area contributed by atoms with Crippen LogP contribution in [0.4, 0.5) is 0 Å². The highest BCUT2D eigenvalue weighted by Gasteiger charge is 2.18. The van der Waals surface area contributed by atoms with E-state index in [4.69, 9.17) is 0 Å². The van der Waals surface area contributed by atoms with Gasteiger partial charge in [-0.25, -0.2) is 0 Å². The Bertz CT molecular complexity index is 990. The maximum Gasteiger partial charge on any atom is 0.295 e. The van der Waals surface area contributed by atoms with Crippen molar-refractivity contribution >= 4 is 15.7 Å². The second-order valence-corrected chi connectivity index (χ2v) is 6.75. The third-order valence-electron chi connectivity index (χ3n) is 3.83. The normalized spacial score (nSPS) is 11.2. The van der Waals surface area contributed by atoms with Crippen LogP contribution in [-0.4, -0.2) is 13.0 Å². The lowest BCUT2D eigenvalue weighted by Gasteiger charge is -2.14. The summed E-state index contributed by atoms with van der Waals surface area (Å²) in [7, 11) is -4.32. The van der Waals surface area contributed by atoms with Gasteiger partial charge in [-0.3, -0.25) is 4.55 Å². The van der Waals surface area contributed by atoms with Crippen LogP contribution >= 0.6 is 0 Å². The fraction of sp³-hybridized carbons (Fsp3) is 0. The third kappa shape index (κ3) is 3.15. The minimum atomic E-state index is -4.32. The standard InChI is InChI=1S/C20H16O3S/c1-15(18-12-7-8-14-20(18)24(21,22)23)17-11-5-6-13-19(17)16-9-3-2-4-10-16/h2-14H,1H2,(H,21,22,23). The zero-order chi connectivity index (χ0) is 17.2. The van der Waals surface area contributed by atoms with Gasteiger partial charge in [0.2, 0.25) is 0 Å². The summed E-state index contributed by atoms with van der Waals surface area (Å²) in [6.45, 7) is 4.08. The van der Waals surface area contributed by atoms with Crippen LogP contribution in [0.25, 0.3) is 16.7 Å². The molecule has 0 saturated carbocycles. The summed E-state index contributed by atoms with van der Waals surface area (Å²) in [5.41, 5.74) is 3.72. The summed E-state index contributed by atoms with van der Waals surface area (Å²) >= 11 is 0. The number of benzene rings is 3. The zero-order valence-corrected chi connectivity index (χ0v) is 13.7. The van der Waals surface area contributed by atoms with Gasteiger partial charge in [-0.05, 0) is 28.3 Å². The highest BCUT2D eigenvalue weighted by Crippen LogP contribution is 2.34. The van der Waals surface area contributed by atoms with Crippen LogP contribution in [0.2, 0.25) is 0 Å². The van der Waals surface area contributed by atoms with Crippen molar-refractivity contribution in [2.45, 2.75) is 4.90 Å². The smallest absolute Gasteiger partial charge is 0.282 e. The van der Waals surface area contributed by atoms with Gasteiger partial charge in [0.1, 0.15) is 4.90 Å². The Kier molecular flexibility index (Phi) is 4.34. The lowest BCUT2D eigenvalue weighted by molar-refractivity contribution is 0.483. The molecule has 120 valence electrons. The van der Waals surface area contributed by atoms with Gasteiger partial charge in [0.05, 0.1) is 0 Å². The number of hydrogen-bond acceptors (Lipinski definition) is 2. The molecule has 4 heteroatoms. The van der Waals surface area contributed by atoms with Crippen LogP contribution < -0.4 is 0 Å². The highest BCUT2D eigenvalue weighted by atomic mass is 32.2. The van der Waals surface area contributed by atoms with E-state index in [1.165, 1.54) is 6.07 Å². The van der Waals surface area contributed by atoms with Gasteiger partial charge < -0.3 is 0 Å². The lowest BCUT2D eigenvalue weighted by Crippen LogP contribution is -2.03. The maximum absolute atomic E-state index is 11.7. The van der Waals surface area contributed by atoms with Gasteiger partial charge >= 0.3 is 0 Å². The Morgan fingerprint density at radius 2 is 1.29 bits per heavy atom. The molecule has 0 aliphatic heterocycles. The summed E-state index contributed by atoms with van der Waals surface area (Å²) in [5.74, 6) is 0. The van der Waals surface area contributed by atoms with E-state index in [0.717, 1.165) is 16.7 Å². The van der Waals surface area contributed by atoms with Crippen LogP contribution in [-0.2, 0) is 10.1 Å². The van der Waals surface area contributed by atoms with Crippen molar-refractivity contribution in [2.75, 3.05) is 0 Å². The van der Waals surface area contributed by atoms with Gasteiger partial charge in [0.25, 0.3) is 10.1 Å². The first-order valence-electron chi connectivity index (χ1n) is 7.39. The molecule has 0 unspecified atom stereocenters. The van der Waals surface area contributed by atoms with E-state index in [2.05, 4.69) is 6.58 Å². The van der Waals surface area contributed by atoms with E-state index in [1.807, 2.05) is 54.6 Å². The molecule has 0 fully saturated rings. The van der Waals surface area contributed by atoms with Crippen molar-refractivity contribution in [2.24, 2.45) is 0 Å². The number of rotatable bonds is 4. The third-order valence-corrected chi connectivity index (χ3v) is 4.74. The molecule has 3 rings (SSSR count). The van der Waals surface area contributed by atoms with Gasteiger partial charge in [0, 0.05) is 5.56 Å². The van der Waals surface area contributed by atoms with E-state index in [9.17, 15) is 13.0 Å². The average molecular weight is 336 g/mol. The van der Waals surface area contributed by atoms with E-state index < -0.39 is 10.1 Å². The number of hydrogen-bond donors (Lipinski definition) is 1. The molecule has 3 nitrogen and oxygen atoms in total. The van der Waals surface area contributed by atoms with E-state index in [1.54, 1.807) is 18.2 Å². The molecule has 0 atom stereocenters. The molecule has 1 N–H and O–H groups in total. The second-order valence-electron chi connectivity index (χ2n) is 5.36. The van der Waals surface area contributed by atoms with E-state index in [-0.39, 0.29) is 4.90 Å². The van der Waals surface area contributed by atoms with Crippen molar-refractivity contribution in [3.8, 4) is 11.1 Å². The Labute approximate surface area is 141 Å². The fourth-order valence-electron chi connectivity index (χ4n) is 2.70. The maximum atomic E-state index is 11.7. The summed E-state index contributed by atoms with van der Waals surface area (Å²) < 4.78 is 32.8. The summed E-state index contributed by atoms with van der Waals surface area (Å²) in [4.78, 5) is -0.141. The van der Waals surface area contributed by atoms with Gasteiger partial charge in [0.15, 0.2) is 0 Å². The minimum Gasteiger partial charge on any atom is -0.282 e. The molecule has 0 aliphatic rings. The van der Waals surface area contributed by atoms with Crippen LogP contribution in [0.5, 0.6) is 0 Å². The minimum absolute atomic E-state index is 0.141.